The van der Waals surface area contributed by atoms with Crippen LogP contribution < -0.4 is 14.8 Å². The van der Waals surface area contributed by atoms with E-state index in [1.807, 2.05) is 0 Å². The van der Waals surface area contributed by atoms with Crippen LogP contribution in [0.4, 0.5) is 11.4 Å². The van der Waals surface area contributed by atoms with Gasteiger partial charge in [-0.1, -0.05) is 36.4 Å². The Bertz CT molecular complexity index is 1350. The number of benzene rings is 3. The molecule has 2 N–H and O–H groups in total. The van der Waals surface area contributed by atoms with Gasteiger partial charge in [0.2, 0.25) is 5.91 Å². The van der Waals surface area contributed by atoms with Crippen LogP contribution in [0, 0.1) is 6.92 Å². The summed E-state index contributed by atoms with van der Waals surface area (Å²) in [4.78, 5) is 12.5. The molecule has 0 radical (unpaired) electrons. The highest BCUT2D eigenvalue weighted by atomic mass is 32.2. The standard InChI is InChI=1S/C23H24N2O6S2/c1-17-12-13-18(24-23(26)14-15-32(27,28)19-8-4-3-5-9-19)16-22(17)33(29,30)25-20-10-6-7-11-21(20)31-2/h3-13,16,25H,14-15H2,1-2H3,(H,24,26). The summed E-state index contributed by atoms with van der Waals surface area (Å²) in [5.41, 5.74) is 0.991. The fraction of sp³-hybridized carbons (Fsp3) is 0.174. The minimum Gasteiger partial charge on any atom is -0.495 e. The summed E-state index contributed by atoms with van der Waals surface area (Å²) in [6.07, 6.45) is -0.271. The Morgan fingerprint density at radius 1 is 0.909 bits per heavy atom. The summed E-state index contributed by atoms with van der Waals surface area (Å²) in [6.45, 7) is 1.63. The van der Waals surface area contributed by atoms with Gasteiger partial charge in [-0.25, -0.2) is 16.8 Å². The van der Waals surface area contributed by atoms with Crippen LogP contribution in [0.15, 0.2) is 82.6 Å². The molecule has 0 fully saturated rings. The molecule has 0 aliphatic rings. The molecular weight excluding hydrogens is 464 g/mol. The van der Waals surface area contributed by atoms with Crippen molar-refractivity contribution in [1.29, 1.82) is 0 Å². The van der Waals surface area contributed by atoms with E-state index in [0.29, 0.717) is 11.3 Å². The number of sulfonamides is 1. The van der Waals surface area contributed by atoms with Crippen molar-refractivity contribution in [2.24, 2.45) is 0 Å². The molecule has 0 aliphatic carbocycles. The first kappa shape index (κ1) is 24.3. The number of para-hydroxylation sites is 2. The van der Waals surface area contributed by atoms with E-state index in [9.17, 15) is 21.6 Å². The van der Waals surface area contributed by atoms with Gasteiger partial charge in [0.1, 0.15) is 5.75 Å². The number of hydrogen-bond acceptors (Lipinski definition) is 6. The molecule has 0 heterocycles. The highest BCUT2D eigenvalue weighted by molar-refractivity contribution is 7.92. The number of hydrogen-bond donors (Lipinski definition) is 2. The average Bonchev–Trinajstić information content (AvgIpc) is 2.79. The fourth-order valence-corrected chi connectivity index (χ4v) is 5.70. The van der Waals surface area contributed by atoms with Crippen LogP contribution in [0.25, 0.3) is 0 Å². The number of amides is 1. The molecule has 0 aliphatic heterocycles. The van der Waals surface area contributed by atoms with Crippen LogP contribution >= 0.6 is 0 Å². The van der Waals surface area contributed by atoms with Gasteiger partial charge in [0, 0.05) is 12.1 Å². The lowest BCUT2D eigenvalue weighted by Gasteiger charge is -2.14. The van der Waals surface area contributed by atoms with Crippen molar-refractivity contribution in [3.05, 3.63) is 78.4 Å². The molecule has 174 valence electrons. The number of nitrogens with one attached hydrogen (secondary N) is 2. The molecule has 0 spiro atoms. The first-order valence-electron chi connectivity index (χ1n) is 9.96. The van der Waals surface area contributed by atoms with E-state index in [2.05, 4.69) is 10.0 Å². The number of anilines is 2. The predicted molar refractivity (Wildman–Crippen MR) is 127 cm³/mol. The average molecular weight is 489 g/mol. The highest BCUT2D eigenvalue weighted by Gasteiger charge is 2.20. The van der Waals surface area contributed by atoms with Crippen molar-refractivity contribution in [3.63, 3.8) is 0 Å². The first-order valence-corrected chi connectivity index (χ1v) is 13.1. The summed E-state index contributed by atoms with van der Waals surface area (Å²) in [7, 11) is -6.15. The van der Waals surface area contributed by atoms with E-state index in [4.69, 9.17) is 4.74 Å². The third-order valence-corrected chi connectivity index (χ3v) is 8.05. The normalized spacial score (nSPS) is 11.6. The van der Waals surface area contributed by atoms with Crippen LogP contribution in [-0.2, 0) is 24.7 Å². The molecule has 8 nitrogen and oxygen atoms in total. The smallest absolute Gasteiger partial charge is 0.262 e. The van der Waals surface area contributed by atoms with Crippen LogP contribution in [0.5, 0.6) is 5.75 Å². The van der Waals surface area contributed by atoms with Crippen molar-refractivity contribution >= 4 is 37.1 Å². The quantitative estimate of drug-likeness (QED) is 0.475. The minimum atomic E-state index is -3.98. The van der Waals surface area contributed by atoms with Gasteiger partial charge in [0.25, 0.3) is 10.0 Å². The Morgan fingerprint density at radius 2 is 1.58 bits per heavy atom. The van der Waals surface area contributed by atoms with Gasteiger partial charge in [0.15, 0.2) is 9.84 Å². The van der Waals surface area contributed by atoms with E-state index < -0.39 is 25.8 Å². The monoisotopic (exact) mass is 488 g/mol. The maximum atomic E-state index is 13.0. The van der Waals surface area contributed by atoms with E-state index in [1.165, 1.54) is 25.3 Å². The van der Waals surface area contributed by atoms with Gasteiger partial charge >= 0.3 is 0 Å². The lowest BCUT2D eigenvalue weighted by Crippen LogP contribution is -2.18. The maximum Gasteiger partial charge on any atom is 0.262 e. The van der Waals surface area contributed by atoms with Gasteiger partial charge < -0.3 is 10.1 Å². The molecule has 3 aromatic carbocycles. The Hall–Kier alpha value is -3.37. The van der Waals surface area contributed by atoms with Gasteiger partial charge in [-0.05, 0) is 48.9 Å². The summed E-state index contributed by atoms with van der Waals surface area (Å²) in [6, 6.07) is 18.9. The summed E-state index contributed by atoms with van der Waals surface area (Å²) in [5, 5.41) is 2.57. The Balaban J connectivity index is 1.74. The third kappa shape index (κ3) is 6.11. The van der Waals surface area contributed by atoms with Crippen molar-refractivity contribution < 1.29 is 26.4 Å². The maximum absolute atomic E-state index is 13.0. The molecule has 3 aromatic rings. The SMILES string of the molecule is COc1ccccc1NS(=O)(=O)c1cc(NC(=O)CCS(=O)(=O)c2ccccc2)ccc1C. The van der Waals surface area contributed by atoms with Crippen molar-refractivity contribution in [2.75, 3.05) is 22.9 Å². The predicted octanol–water partition coefficient (Wildman–Crippen LogP) is 3.61. The third-order valence-electron chi connectivity index (χ3n) is 4.81. The topological polar surface area (TPSA) is 119 Å². The van der Waals surface area contributed by atoms with E-state index >= 15 is 0 Å². The van der Waals surface area contributed by atoms with Gasteiger partial charge in [-0.3, -0.25) is 9.52 Å². The molecule has 33 heavy (non-hydrogen) atoms. The second kappa shape index (κ2) is 10.1. The van der Waals surface area contributed by atoms with Gasteiger partial charge in [0.05, 0.1) is 28.3 Å². The molecule has 1 amide bonds. The Labute approximate surface area is 193 Å². The van der Waals surface area contributed by atoms with E-state index in [-0.39, 0.29) is 33.3 Å². The number of ether oxygens (including phenoxy) is 1. The largest absolute Gasteiger partial charge is 0.495 e. The second-order valence-electron chi connectivity index (χ2n) is 7.22. The number of methoxy groups -OCH3 is 1. The number of carbonyl (C=O) groups is 1. The summed E-state index contributed by atoms with van der Waals surface area (Å²) in [5.74, 6) is -0.544. The van der Waals surface area contributed by atoms with E-state index in [1.54, 1.807) is 61.5 Å². The molecule has 0 saturated carbocycles. The molecule has 3 rings (SSSR count). The molecule has 0 saturated heterocycles. The van der Waals surface area contributed by atoms with Crippen LogP contribution in [0.1, 0.15) is 12.0 Å². The molecule has 0 unspecified atom stereocenters. The number of aryl methyl sites for hydroxylation is 1. The van der Waals surface area contributed by atoms with Gasteiger partial charge in [-0.15, -0.1) is 0 Å². The number of carbonyl (C=O) groups excluding carboxylic acids is 1. The zero-order chi connectivity index (χ0) is 24.1. The van der Waals surface area contributed by atoms with Crippen molar-refractivity contribution in [1.82, 2.24) is 0 Å². The van der Waals surface area contributed by atoms with Crippen molar-refractivity contribution in [2.45, 2.75) is 23.1 Å². The lowest BCUT2D eigenvalue weighted by molar-refractivity contribution is -0.115. The van der Waals surface area contributed by atoms with Crippen LogP contribution in [0.3, 0.4) is 0 Å². The summed E-state index contributed by atoms with van der Waals surface area (Å²) >= 11 is 0. The Kier molecular flexibility index (Phi) is 7.39. The lowest BCUT2D eigenvalue weighted by atomic mass is 10.2. The highest BCUT2D eigenvalue weighted by Crippen LogP contribution is 2.28. The zero-order valence-corrected chi connectivity index (χ0v) is 19.7. The first-order chi connectivity index (χ1) is 15.6. The molecular formula is C23H24N2O6S2. The Morgan fingerprint density at radius 3 is 2.27 bits per heavy atom. The second-order valence-corrected chi connectivity index (χ2v) is 11.0. The van der Waals surface area contributed by atoms with Crippen molar-refractivity contribution in [3.8, 4) is 5.75 Å². The fourth-order valence-electron chi connectivity index (χ4n) is 3.09. The zero-order valence-electron chi connectivity index (χ0n) is 18.1. The van der Waals surface area contributed by atoms with Crippen LogP contribution in [0.2, 0.25) is 0 Å². The number of sulfone groups is 1. The summed E-state index contributed by atoms with van der Waals surface area (Å²) < 4.78 is 58.4. The minimum absolute atomic E-state index is 0.0249. The molecule has 0 aromatic heterocycles. The van der Waals surface area contributed by atoms with Crippen LogP contribution in [-0.4, -0.2) is 35.6 Å². The number of rotatable bonds is 9. The molecule has 0 bridgehead atoms. The van der Waals surface area contributed by atoms with Gasteiger partial charge in [-0.2, -0.15) is 0 Å². The molecule has 0 atom stereocenters. The van der Waals surface area contributed by atoms with E-state index in [0.717, 1.165) is 0 Å². The molecule has 10 heteroatoms.